The highest BCUT2D eigenvalue weighted by molar-refractivity contribution is 5.33. The van der Waals surface area contributed by atoms with E-state index in [1.807, 2.05) is 12.1 Å². The number of nitrogens with two attached hydrogens (primary N) is 1. The molecular formula is C12H16F2N2O. The molecule has 0 amide bonds. The first-order valence-corrected chi connectivity index (χ1v) is 5.66. The molecule has 1 unspecified atom stereocenters. The molecule has 17 heavy (non-hydrogen) atoms. The molecule has 1 saturated heterocycles. The van der Waals surface area contributed by atoms with Crippen LogP contribution in [-0.4, -0.2) is 30.6 Å². The predicted molar refractivity (Wildman–Crippen MR) is 60.9 cm³/mol. The molecule has 2 rings (SSSR count). The SMILES string of the molecule is NC1CCN(Cc2ccccc2OC(F)F)C1. The summed E-state index contributed by atoms with van der Waals surface area (Å²) >= 11 is 0. The molecule has 0 spiro atoms. The number of ether oxygens (including phenoxy) is 1. The van der Waals surface area contributed by atoms with Crippen molar-refractivity contribution >= 4 is 0 Å². The number of alkyl halides is 2. The van der Waals surface area contributed by atoms with Crippen LogP contribution in [0.2, 0.25) is 0 Å². The molecule has 1 aliphatic heterocycles. The van der Waals surface area contributed by atoms with Crippen LogP contribution in [0.5, 0.6) is 5.75 Å². The first kappa shape index (κ1) is 12.3. The molecule has 0 saturated carbocycles. The molecule has 0 aliphatic carbocycles. The highest BCUT2D eigenvalue weighted by Gasteiger charge is 2.20. The maximum atomic E-state index is 12.2. The summed E-state index contributed by atoms with van der Waals surface area (Å²) in [6.45, 7) is -0.457. The van der Waals surface area contributed by atoms with Gasteiger partial charge in [0.2, 0.25) is 0 Å². The van der Waals surface area contributed by atoms with Gasteiger partial charge < -0.3 is 10.5 Å². The third-order valence-corrected chi connectivity index (χ3v) is 2.89. The number of hydrogen-bond donors (Lipinski definition) is 1. The van der Waals surface area contributed by atoms with Crippen molar-refractivity contribution in [2.24, 2.45) is 5.73 Å². The Balaban J connectivity index is 2.04. The van der Waals surface area contributed by atoms with Gasteiger partial charge in [0.25, 0.3) is 0 Å². The van der Waals surface area contributed by atoms with Crippen LogP contribution in [0.25, 0.3) is 0 Å². The van der Waals surface area contributed by atoms with E-state index in [0.29, 0.717) is 6.54 Å². The van der Waals surface area contributed by atoms with Crippen molar-refractivity contribution < 1.29 is 13.5 Å². The van der Waals surface area contributed by atoms with Crippen LogP contribution < -0.4 is 10.5 Å². The molecule has 1 aromatic rings. The van der Waals surface area contributed by atoms with Crippen LogP contribution in [0.1, 0.15) is 12.0 Å². The van der Waals surface area contributed by atoms with Crippen molar-refractivity contribution in [3.05, 3.63) is 29.8 Å². The molecule has 94 valence electrons. The Morgan fingerprint density at radius 2 is 2.18 bits per heavy atom. The van der Waals surface area contributed by atoms with Crippen molar-refractivity contribution in [2.75, 3.05) is 13.1 Å². The minimum absolute atomic E-state index is 0.193. The lowest BCUT2D eigenvalue weighted by Crippen LogP contribution is -2.26. The van der Waals surface area contributed by atoms with Gasteiger partial charge in [0.05, 0.1) is 0 Å². The maximum Gasteiger partial charge on any atom is 0.387 e. The average Bonchev–Trinajstić information content (AvgIpc) is 2.66. The second-order valence-electron chi connectivity index (χ2n) is 4.27. The van der Waals surface area contributed by atoms with Gasteiger partial charge in [0, 0.05) is 31.2 Å². The van der Waals surface area contributed by atoms with Crippen molar-refractivity contribution in [1.29, 1.82) is 0 Å². The van der Waals surface area contributed by atoms with E-state index in [2.05, 4.69) is 9.64 Å². The lowest BCUT2D eigenvalue weighted by Gasteiger charge is -2.17. The number of hydrogen-bond acceptors (Lipinski definition) is 3. The zero-order valence-electron chi connectivity index (χ0n) is 9.48. The summed E-state index contributed by atoms with van der Waals surface area (Å²) in [6.07, 6.45) is 0.956. The molecule has 1 heterocycles. The van der Waals surface area contributed by atoms with Crippen LogP contribution in [0.15, 0.2) is 24.3 Å². The van der Waals surface area contributed by atoms with Crippen LogP contribution >= 0.6 is 0 Å². The standard InChI is InChI=1S/C12H16F2N2O/c13-12(14)17-11-4-2-1-3-9(11)7-16-6-5-10(15)8-16/h1-4,10,12H,5-8,15H2. The minimum Gasteiger partial charge on any atom is -0.434 e. The predicted octanol–water partition coefficient (Wildman–Crippen LogP) is 1.82. The number of halogens is 2. The van der Waals surface area contributed by atoms with Crippen LogP contribution in [0, 0.1) is 0 Å². The number of para-hydroxylation sites is 1. The van der Waals surface area contributed by atoms with Gasteiger partial charge in [-0.2, -0.15) is 8.78 Å². The molecule has 0 aromatic heterocycles. The van der Waals surface area contributed by atoms with Gasteiger partial charge in [-0.1, -0.05) is 18.2 Å². The Bertz CT molecular complexity index is 373. The summed E-state index contributed by atoms with van der Waals surface area (Å²) < 4.78 is 28.9. The number of rotatable bonds is 4. The van der Waals surface area contributed by atoms with Crippen molar-refractivity contribution in [2.45, 2.75) is 25.6 Å². The highest BCUT2D eigenvalue weighted by atomic mass is 19.3. The van der Waals surface area contributed by atoms with Gasteiger partial charge in [-0.15, -0.1) is 0 Å². The van der Waals surface area contributed by atoms with Gasteiger partial charge in [-0.3, -0.25) is 4.90 Å². The molecule has 1 aromatic carbocycles. The highest BCUT2D eigenvalue weighted by Crippen LogP contribution is 2.23. The Morgan fingerprint density at radius 1 is 1.41 bits per heavy atom. The van der Waals surface area contributed by atoms with Crippen molar-refractivity contribution in [3.8, 4) is 5.75 Å². The molecule has 1 atom stereocenters. The normalized spacial score (nSPS) is 21.1. The van der Waals surface area contributed by atoms with Gasteiger partial charge in [0.15, 0.2) is 0 Å². The topological polar surface area (TPSA) is 38.5 Å². The van der Waals surface area contributed by atoms with E-state index >= 15 is 0 Å². The van der Waals surface area contributed by atoms with E-state index in [1.54, 1.807) is 12.1 Å². The Labute approximate surface area is 99.2 Å². The summed E-state index contributed by atoms with van der Waals surface area (Å²) in [5.74, 6) is 0.253. The molecule has 1 aliphatic rings. The fourth-order valence-corrected chi connectivity index (χ4v) is 2.09. The molecule has 3 nitrogen and oxygen atoms in total. The summed E-state index contributed by atoms with van der Waals surface area (Å²) in [6, 6.07) is 7.08. The maximum absolute atomic E-state index is 12.2. The summed E-state index contributed by atoms with van der Waals surface area (Å²) in [7, 11) is 0. The molecule has 0 bridgehead atoms. The molecule has 1 fully saturated rings. The quantitative estimate of drug-likeness (QED) is 0.875. The molecular weight excluding hydrogens is 226 g/mol. The van der Waals surface area contributed by atoms with Gasteiger partial charge in [-0.25, -0.2) is 0 Å². The molecule has 5 heteroatoms. The zero-order chi connectivity index (χ0) is 12.3. The second kappa shape index (κ2) is 5.42. The van der Waals surface area contributed by atoms with E-state index < -0.39 is 6.61 Å². The van der Waals surface area contributed by atoms with E-state index in [1.165, 1.54) is 0 Å². The van der Waals surface area contributed by atoms with E-state index in [-0.39, 0.29) is 11.8 Å². The Morgan fingerprint density at radius 3 is 2.82 bits per heavy atom. The third-order valence-electron chi connectivity index (χ3n) is 2.89. The number of nitrogens with zero attached hydrogens (tertiary/aromatic N) is 1. The number of likely N-dealkylation sites (tertiary alicyclic amines) is 1. The summed E-state index contributed by atoms with van der Waals surface area (Å²) in [4.78, 5) is 2.15. The average molecular weight is 242 g/mol. The Kier molecular flexibility index (Phi) is 3.91. The Hall–Kier alpha value is -1.20. The monoisotopic (exact) mass is 242 g/mol. The lowest BCUT2D eigenvalue weighted by atomic mass is 10.2. The van der Waals surface area contributed by atoms with Gasteiger partial charge in [-0.05, 0) is 12.5 Å². The number of benzene rings is 1. The third kappa shape index (κ3) is 3.38. The molecule has 2 N–H and O–H groups in total. The minimum atomic E-state index is -2.78. The van der Waals surface area contributed by atoms with Crippen LogP contribution in [0.3, 0.4) is 0 Å². The second-order valence-corrected chi connectivity index (χ2v) is 4.27. The van der Waals surface area contributed by atoms with Crippen molar-refractivity contribution in [3.63, 3.8) is 0 Å². The van der Waals surface area contributed by atoms with Crippen LogP contribution in [0.4, 0.5) is 8.78 Å². The van der Waals surface area contributed by atoms with E-state index in [0.717, 1.165) is 25.1 Å². The first-order chi connectivity index (χ1) is 8.15. The summed E-state index contributed by atoms with van der Waals surface area (Å²) in [5.41, 5.74) is 6.58. The lowest BCUT2D eigenvalue weighted by molar-refractivity contribution is -0.0507. The largest absolute Gasteiger partial charge is 0.434 e. The fraction of sp³-hybridized carbons (Fsp3) is 0.500. The van der Waals surface area contributed by atoms with Crippen LogP contribution in [-0.2, 0) is 6.54 Å². The smallest absolute Gasteiger partial charge is 0.387 e. The van der Waals surface area contributed by atoms with Crippen molar-refractivity contribution in [1.82, 2.24) is 4.90 Å². The van der Waals surface area contributed by atoms with Gasteiger partial charge >= 0.3 is 6.61 Å². The van der Waals surface area contributed by atoms with E-state index in [4.69, 9.17) is 5.73 Å². The van der Waals surface area contributed by atoms with E-state index in [9.17, 15) is 8.78 Å². The van der Waals surface area contributed by atoms with Gasteiger partial charge in [0.1, 0.15) is 5.75 Å². The summed E-state index contributed by atoms with van der Waals surface area (Å²) in [5, 5.41) is 0. The fourth-order valence-electron chi connectivity index (χ4n) is 2.09. The molecule has 0 radical (unpaired) electrons. The zero-order valence-corrected chi connectivity index (χ0v) is 9.48. The first-order valence-electron chi connectivity index (χ1n) is 5.66.